The minimum Gasteiger partial charge on any atom is -0.307 e. The van der Waals surface area contributed by atoms with E-state index in [1.165, 1.54) is 36.9 Å². The van der Waals surface area contributed by atoms with E-state index in [1.54, 1.807) is 0 Å². The average molecular weight is 310 g/mol. The van der Waals surface area contributed by atoms with Crippen molar-refractivity contribution < 1.29 is 0 Å². The van der Waals surface area contributed by atoms with Gasteiger partial charge in [-0.05, 0) is 25.8 Å². The van der Waals surface area contributed by atoms with Gasteiger partial charge in [0.25, 0.3) is 0 Å². The molecule has 0 radical (unpaired) electrons. The Morgan fingerprint density at radius 1 is 1.29 bits per heavy atom. The van der Waals surface area contributed by atoms with Crippen molar-refractivity contribution in [1.29, 1.82) is 0 Å². The van der Waals surface area contributed by atoms with Gasteiger partial charge in [0.05, 0.1) is 17.4 Å². The molecule has 0 amide bonds. The summed E-state index contributed by atoms with van der Waals surface area (Å²) in [6.45, 7) is 3.81. The second-order valence-electron chi connectivity index (χ2n) is 5.71. The van der Waals surface area contributed by atoms with Crippen molar-refractivity contribution in [2.24, 2.45) is 7.05 Å². The molecule has 3 rings (SSSR count). The Kier molecular flexibility index (Phi) is 5.42. The van der Waals surface area contributed by atoms with Crippen LogP contribution in [-0.4, -0.2) is 19.6 Å². The number of aromatic nitrogens is 4. The van der Waals surface area contributed by atoms with Crippen LogP contribution >= 0.6 is 12.4 Å². The molecule has 1 fully saturated rings. The van der Waals surface area contributed by atoms with Crippen LogP contribution in [0.3, 0.4) is 0 Å². The minimum absolute atomic E-state index is 0. The van der Waals surface area contributed by atoms with Crippen molar-refractivity contribution in [1.82, 2.24) is 24.9 Å². The largest absolute Gasteiger partial charge is 0.307 e. The lowest BCUT2D eigenvalue weighted by molar-refractivity contribution is 0.464. The molecule has 116 valence electrons. The summed E-state index contributed by atoms with van der Waals surface area (Å²) in [4.78, 5) is 0. The molecule has 0 spiro atoms. The summed E-state index contributed by atoms with van der Waals surface area (Å²) in [7, 11) is 1.97. The summed E-state index contributed by atoms with van der Waals surface area (Å²) < 4.78 is 4.09. The van der Waals surface area contributed by atoms with E-state index < -0.39 is 0 Å². The van der Waals surface area contributed by atoms with Crippen molar-refractivity contribution >= 4 is 12.4 Å². The summed E-state index contributed by atoms with van der Waals surface area (Å²) in [5.74, 6) is 0. The zero-order chi connectivity index (χ0) is 13.9. The van der Waals surface area contributed by atoms with Gasteiger partial charge in [-0.1, -0.05) is 12.8 Å². The Morgan fingerprint density at radius 2 is 2.05 bits per heavy atom. The van der Waals surface area contributed by atoms with Gasteiger partial charge in [0.2, 0.25) is 0 Å². The Balaban J connectivity index is 0.00000161. The molecule has 1 aliphatic carbocycles. The summed E-state index contributed by atoms with van der Waals surface area (Å²) in [6, 6.07) is 2.67. The molecule has 5 nitrogen and oxygen atoms in total. The Bertz CT molecular complexity index is 568. The first-order valence-corrected chi connectivity index (χ1v) is 7.46. The predicted molar refractivity (Wildman–Crippen MR) is 85.5 cm³/mol. The molecule has 21 heavy (non-hydrogen) atoms. The molecule has 0 aliphatic heterocycles. The van der Waals surface area contributed by atoms with E-state index in [4.69, 9.17) is 0 Å². The van der Waals surface area contributed by atoms with E-state index in [1.807, 2.05) is 24.0 Å². The highest BCUT2D eigenvalue weighted by atomic mass is 35.5. The summed E-state index contributed by atoms with van der Waals surface area (Å²) in [6.07, 6.45) is 9.31. The maximum Gasteiger partial charge on any atom is 0.0638 e. The van der Waals surface area contributed by atoms with Crippen LogP contribution in [0.15, 0.2) is 18.5 Å². The fraction of sp³-hybridized carbons (Fsp3) is 0.600. The van der Waals surface area contributed by atoms with Crippen molar-refractivity contribution in [3.63, 3.8) is 0 Å². The van der Waals surface area contributed by atoms with E-state index >= 15 is 0 Å². The fourth-order valence-corrected chi connectivity index (χ4v) is 2.95. The summed E-state index contributed by atoms with van der Waals surface area (Å²) in [5.41, 5.74) is 3.65. The van der Waals surface area contributed by atoms with E-state index in [0.29, 0.717) is 6.04 Å². The highest BCUT2D eigenvalue weighted by Crippen LogP contribution is 2.29. The van der Waals surface area contributed by atoms with Crippen LogP contribution in [0.25, 0.3) is 0 Å². The van der Waals surface area contributed by atoms with Crippen molar-refractivity contribution in [3.05, 3.63) is 35.4 Å². The maximum absolute atomic E-state index is 4.68. The molecule has 2 aromatic rings. The topological polar surface area (TPSA) is 47.7 Å². The second kappa shape index (κ2) is 7.09. The first-order chi connectivity index (χ1) is 9.74. The number of nitrogens with one attached hydrogen (secondary N) is 1. The Hall–Kier alpha value is -1.33. The molecule has 2 aromatic heterocycles. The smallest absolute Gasteiger partial charge is 0.0638 e. The number of halogens is 1. The molecule has 0 saturated heterocycles. The molecule has 1 N–H and O–H groups in total. The van der Waals surface area contributed by atoms with Crippen molar-refractivity contribution in [2.75, 3.05) is 0 Å². The van der Waals surface area contributed by atoms with Gasteiger partial charge in [0, 0.05) is 38.1 Å². The van der Waals surface area contributed by atoms with Crippen molar-refractivity contribution in [3.8, 4) is 0 Å². The van der Waals surface area contributed by atoms with Gasteiger partial charge in [-0.15, -0.1) is 12.4 Å². The number of aryl methyl sites for hydroxylation is 2. The molecule has 0 bridgehead atoms. The molecule has 6 heteroatoms. The van der Waals surface area contributed by atoms with E-state index in [-0.39, 0.29) is 12.4 Å². The van der Waals surface area contributed by atoms with Gasteiger partial charge >= 0.3 is 0 Å². The van der Waals surface area contributed by atoms with Crippen LogP contribution in [0.1, 0.15) is 48.7 Å². The minimum atomic E-state index is 0. The van der Waals surface area contributed by atoms with Crippen molar-refractivity contribution in [2.45, 2.75) is 51.7 Å². The van der Waals surface area contributed by atoms with Gasteiger partial charge < -0.3 is 5.32 Å². The third-order valence-corrected chi connectivity index (χ3v) is 4.26. The zero-order valence-electron chi connectivity index (χ0n) is 12.7. The van der Waals surface area contributed by atoms with Gasteiger partial charge in [0.15, 0.2) is 0 Å². The Labute approximate surface area is 132 Å². The zero-order valence-corrected chi connectivity index (χ0v) is 13.6. The molecular weight excluding hydrogens is 286 g/mol. The molecule has 2 heterocycles. The van der Waals surface area contributed by atoms with E-state index in [9.17, 15) is 0 Å². The van der Waals surface area contributed by atoms with Gasteiger partial charge in [0.1, 0.15) is 0 Å². The van der Waals surface area contributed by atoms with Crippen LogP contribution in [0.4, 0.5) is 0 Å². The SMILES string of the molecule is Cc1nn(C2CCCC2)cc1CNCc1ccnn1C.Cl. The average Bonchev–Trinajstić information content (AvgIpc) is 3.13. The van der Waals surface area contributed by atoms with Gasteiger partial charge in [-0.3, -0.25) is 9.36 Å². The normalized spacial score (nSPS) is 15.3. The molecule has 1 saturated carbocycles. The first-order valence-electron chi connectivity index (χ1n) is 7.46. The third-order valence-electron chi connectivity index (χ3n) is 4.26. The Morgan fingerprint density at radius 3 is 2.71 bits per heavy atom. The lowest BCUT2D eigenvalue weighted by atomic mass is 10.2. The van der Waals surface area contributed by atoms with Crippen LogP contribution in [-0.2, 0) is 20.1 Å². The third kappa shape index (κ3) is 3.66. The molecule has 0 aromatic carbocycles. The highest BCUT2D eigenvalue weighted by molar-refractivity contribution is 5.85. The monoisotopic (exact) mass is 309 g/mol. The maximum atomic E-state index is 4.68. The quantitative estimate of drug-likeness (QED) is 0.924. The van der Waals surface area contributed by atoms with E-state index in [0.717, 1.165) is 18.8 Å². The standard InChI is InChI=1S/C15H23N5.ClH/c1-12-13(9-16-10-15-7-8-17-19(15)2)11-20(18-12)14-5-3-4-6-14;/h7-8,11,14,16H,3-6,9-10H2,1-2H3;1H. The number of nitrogens with zero attached hydrogens (tertiary/aromatic N) is 4. The van der Waals surface area contributed by atoms with Crippen LogP contribution in [0.5, 0.6) is 0 Å². The van der Waals surface area contributed by atoms with Crippen LogP contribution < -0.4 is 5.32 Å². The first kappa shape index (κ1) is 16.0. The fourth-order valence-electron chi connectivity index (χ4n) is 2.95. The number of hydrogen-bond acceptors (Lipinski definition) is 3. The molecular formula is C15H24ClN5. The molecule has 0 atom stereocenters. The molecule has 0 unspecified atom stereocenters. The van der Waals surface area contributed by atoms with Gasteiger partial charge in [-0.2, -0.15) is 10.2 Å². The number of rotatable bonds is 5. The number of hydrogen-bond donors (Lipinski definition) is 1. The highest BCUT2D eigenvalue weighted by Gasteiger charge is 2.18. The van der Waals surface area contributed by atoms with Gasteiger partial charge in [-0.25, -0.2) is 0 Å². The second-order valence-corrected chi connectivity index (χ2v) is 5.71. The summed E-state index contributed by atoms with van der Waals surface area (Å²) in [5, 5.41) is 12.3. The molecule has 1 aliphatic rings. The lowest BCUT2D eigenvalue weighted by Crippen LogP contribution is -2.15. The lowest BCUT2D eigenvalue weighted by Gasteiger charge is -2.08. The van der Waals surface area contributed by atoms with E-state index in [2.05, 4.69) is 33.3 Å². The van der Waals surface area contributed by atoms with Crippen LogP contribution in [0, 0.1) is 6.92 Å². The summed E-state index contributed by atoms with van der Waals surface area (Å²) >= 11 is 0. The predicted octanol–water partition coefficient (Wildman–Crippen LogP) is 2.75. The van der Waals surface area contributed by atoms with Crippen LogP contribution in [0.2, 0.25) is 0 Å².